The molecule has 0 aromatic heterocycles. The quantitative estimate of drug-likeness (QED) is 0.793. The third-order valence-electron chi connectivity index (χ3n) is 3.85. The summed E-state index contributed by atoms with van der Waals surface area (Å²) >= 11 is 0. The Hall–Kier alpha value is -1.63. The molecule has 23 heavy (non-hydrogen) atoms. The Labute approximate surface area is 137 Å². The van der Waals surface area contributed by atoms with Gasteiger partial charge in [-0.15, -0.1) is 0 Å². The maximum Gasteiger partial charge on any atom is 0.253 e. The van der Waals surface area contributed by atoms with Crippen molar-refractivity contribution < 1.29 is 14.3 Å². The second kappa shape index (κ2) is 8.29. The number of benzene rings is 1. The first-order valence-corrected chi connectivity index (χ1v) is 8.04. The molecule has 6 heteroatoms. The van der Waals surface area contributed by atoms with E-state index in [1.807, 2.05) is 44.1 Å². The third-order valence-corrected chi connectivity index (χ3v) is 3.85. The Morgan fingerprint density at radius 3 is 2.87 bits per heavy atom. The van der Waals surface area contributed by atoms with Crippen molar-refractivity contribution in [1.29, 1.82) is 0 Å². The lowest BCUT2D eigenvalue weighted by Crippen LogP contribution is -2.30. The predicted octanol–water partition coefficient (Wildman–Crippen LogP) is 1.38. The van der Waals surface area contributed by atoms with Gasteiger partial charge in [0.2, 0.25) is 0 Å². The lowest BCUT2D eigenvalue weighted by Gasteiger charge is -2.17. The summed E-state index contributed by atoms with van der Waals surface area (Å²) in [7, 11) is 3.99. The number of carbonyl (C=O) groups is 1. The van der Waals surface area contributed by atoms with Crippen LogP contribution in [0.2, 0.25) is 0 Å². The number of aryl methyl sites for hydroxylation is 1. The Morgan fingerprint density at radius 2 is 2.22 bits per heavy atom. The largest absolute Gasteiger partial charge is 0.490 e. The van der Waals surface area contributed by atoms with Crippen molar-refractivity contribution in [3.05, 3.63) is 23.8 Å². The Balaban J connectivity index is 1.99. The van der Waals surface area contributed by atoms with Gasteiger partial charge in [-0.1, -0.05) is 6.07 Å². The zero-order valence-electron chi connectivity index (χ0n) is 14.2. The van der Waals surface area contributed by atoms with Gasteiger partial charge < -0.3 is 25.4 Å². The van der Waals surface area contributed by atoms with E-state index in [0.717, 1.165) is 18.5 Å². The predicted molar refractivity (Wildman–Crippen MR) is 90.8 cm³/mol. The molecule has 0 aliphatic carbocycles. The lowest BCUT2D eigenvalue weighted by atomic mass is 10.1. The number of ether oxygens (including phenoxy) is 2. The normalized spacial score (nSPS) is 20.7. The molecule has 1 heterocycles. The van der Waals surface area contributed by atoms with Gasteiger partial charge in [0.25, 0.3) is 5.91 Å². The molecule has 0 unspecified atom stereocenters. The molecule has 1 aromatic rings. The SMILES string of the molecule is Cc1ccc(NC(=O)[C@@H]2CC[C@H](CN)O2)c(OCCN(C)C)c1. The first-order chi connectivity index (χ1) is 11.0. The summed E-state index contributed by atoms with van der Waals surface area (Å²) in [6, 6.07) is 5.75. The van der Waals surface area contributed by atoms with Gasteiger partial charge in [-0.05, 0) is 51.6 Å². The molecular formula is C17H27N3O3. The van der Waals surface area contributed by atoms with Crippen molar-refractivity contribution in [1.82, 2.24) is 4.90 Å². The molecule has 0 spiro atoms. The molecule has 0 saturated carbocycles. The van der Waals surface area contributed by atoms with Crippen molar-refractivity contribution >= 4 is 11.6 Å². The van der Waals surface area contributed by atoms with E-state index in [4.69, 9.17) is 15.2 Å². The third kappa shape index (κ3) is 5.20. The van der Waals surface area contributed by atoms with Crippen molar-refractivity contribution in [3.8, 4) is 5.75 Å². The van der Waals surface area contributed by atoms with Crippen molar-refractivity contribution in [3.63, 3.8) is 0 Å². The number of hydrogen-bond acceptors (Lipinski definition) is 5. The minimum absolute atomic E-state index is 0.0143. The number of likely N-dealkylation sites (N-methyl/N-ethyl adjacent to an activating group) is 1. The van der Waals surface area contributed by atoms with Gasteiger partial charge in [-0.25, -0.2) is 0 Å². The van der Waals surface area contributed by atoms with E-state index < -0.39 is 6.10 Å². The van der Waals surface area contributed by atoms with Crippen LogP contribution >= 0.6 is 0 Å². The molecule has 2 atom stereocenters. The van der Waals surface area contributed by atoms with E-state index >= 15 is 0 Å². The highest BCUT2D eigenvalue weighted by atomic mass is 16.5. The molecular weight excluding hydrogens is 294 g/mol. The van der Waals surface area contributed by atoms with Gasteiger partial charge in [0.1, 0.15) is 18.5 Å². The van der Waals surface area contributed by atoms with E-state index in [9.17, 15) is 4.79 Å². The number of hydrogen-bond donors (Lipinski definition) is 2. The molecule has 6 nitrogen and oxygen atoms in total. The number of nitrogens with one attached hydrogen (secondary N) is 1. The van der Waals surface area contributed by atoms with Gasteiger partial charge in [0.15, 0.2) is 0 Å². The molecule has 1 aliphatic heterocycles. The molecule has 1 aromatic carbocycles. The summed E-state index contributed by atoms with van der Waals surface area (Å²) < 4.78 is 11.5. The van der Waals surface area contributed by atoms with Crippen LogP contribution in [0.3, 0.4) is 0 Å². The molecule has 1 amide bonds. The number of amides is 1. The van der Waals surface area contributed by atoms with E-state index in [1.165, 1.54) is 0 Å². The highest BCUT2D eigenvalue weighted by Gasteiger charge is 2.30. The van der Waals surface area contributed by atoms with Crippen LogP contribution in [0.1, 0.15) is 18.4 Å². The maximum atomic E-state index is 12.4. The molecule has 1 saturated heterocycles. The number of nitrogens with zero attached hydrogens (tertiary/aromatic N) is 1. The minimum Gasteiger partial charge on any atom is -0.490 e. The van der Waals surface area contributed by atoms with E-state index in [-0.39, 0.29) is 12.0 Å². The fourth-order valence-electron chi connectivity index (χ4n) is 2.48. The van der Waals surface area contributed by atoms with Crippen molar-refractivity contribution in [2.75, 3.05) is 39.1 Å². The van der Waals surface area contributed by atoms with Crippen LogP contribution in [0.15, 0.2) is 18.2 Å². The Bertz CT molecular complexity index is 534. The second-order valence-corrected chi connectivity index (χ2v) is 6.20. The summed E-state index contributed by atoms with van der Waals surface area (Å²) in [6.07, 6.45) is 1.09. The van der Waals surface area contributed by atoms with Crippen LogP contribution in [-0.2, 0) is 9.53 Å². The number of rotatable bonds is 7. The summed E-state index contributed by atoms with van der Waals surface area (Å²) in [5, 5.41) is 2.92. The molecule has 0 radical (unpaired) electrons. The molecule has 1 fully saturated rings. The van der Waals surface area contributed by atoms with E-state index in [0.29, 0.717) is 31.0 Å². The zero-order chi connectivity index (χ0) is 16.8. The highest BCUT2D eigenvalue weighted by Crippen LogP contribution is 2.27. The van der Waals surface area contributed by atoms with Crippen LogP contribution in [-0.4, -0.2) is 56.8 Å². The van der Waals surface area contributed by atoms with Crippen LogP contribution in [0.4, 0.5) is 5.69 Å². The van der Waals surface area contributed by atoms with Gasteiger partial charge in [0, 0.05) is 13.1 Å². The monoisotopic (exact) mass is 321 g/mol. The standard InChI is InChI=1S/C17H27N3O3/c1-12-4-6-14(16(10-12)22-9-8-20(2)3)19-17(21)15-7-5-13(11-18)23-15/h4,6,10,13,15H,5,7-9,11,18H2,1-3H3,(H,19,21)/t13-,15+/m1/s1. The number of carbonyl (C=O) groups excluding carboxylic acids is 1. The van der Waals surface area contributed by atoms with Gasteiger partial charge in [0.05, 0.1) is 11.8 Å². The molecule has 128 valence electrons. The summed E-state index contributed by atoms with van der Waals surface area (Å²) in [4.78, 5) is 14.4. The average Bonchev–Trinajstić information content (AvgIpc) is 2.98. The van der Waals surface area contributed by atoms with Gasteiger partial charge >= 0.3 is 0 Å². The summed E-state index contributed by atoms with van der Waals surface area (Å²) in [5.74, 6) is 0.552. The first-order valence-electron chi connectivity index (χ1n) is 8.04. The molecule has 2 rings (SSSR count). The lowest BCUT2D eigenvalue weighted by molar-refractivity contribution is -0.126. The van der Waals surface area contributed by atoms with Crippen LogP contribution in [0.5, 0.6) is 5.75 Å². The zero-order valence-corrected chi connectivity index (χ0v) is 14.2. The fraction of sp³-hybridized carbons (Fsp3) is 0.588. The number of anilines is 1. The maximum absolute atomic E-state index is 12.4. The van der Waals surface area contributed by atoms with Crippen LogP contribution in [0.25, 0.3) is 0 Å². The fourth-order valence-corrected chi connectivity index (χ4v) is 2.48. The summed E-state index contributed by atoms with van der Waals surface area (Å²) in [6.45, 7) is 3.82. The topological polar surface area (TPSA) is 76.8 Å². The number of nitrogens with two attached hydrogens (primary N) is 1. The van der Waals surface area contributed by atoms with Gasteiger partial charge in [-0.3, -0.25) is 4.79 Å². The Morgan fingerprint density at radius 1 is 1.43 bits per heavy atom. The molecule has 1 aliphatic rings. The smallest absolute Gasteiger partial charge is 0.253 e. The van der Waals surface area contributed by atoms with Crippen LogP contribution in [0, 0.1) is 6.92 Å². The van der Waals surface area contributed by atoms with Crippen LogP contribution < -0.4 is 15.8 Å². The minimum atomic E-state index is -0.431. The molecule has 0 bridgehead atoms. The molecule has 3 N–H and O–H groups in total. The van der Waals surface area contributed by atoms with Crippen molar-refractivity contribution in [2.45, 2.75) is 32.0 Å². The van der Waals surface area contributed by atoms with E-state index in [2.05, 4.69) is 5.32 Å². The second-order valence-electron chi connectivity index (χ2n) is 6.20. The summed E-state index contributed by atoms with van der Waals surface area (Å²) in [5.41, 5.74) is 7.35. The Kier molecular flexibility index (Phi) is 6.38. The van der Waals surface area contributed by atoms with Gasteiger partial charge in [-0.2, -0.15) is 0 Å². The van der Waals surface area contributed by atoms with E-state index in [1.54, 1.807) is 0 Å². The average molecular weight is 321 g/mol. The highest BCUT2D eigenvalue weighted by molar-refractivity contribution is 5.95. The first kappa shape index (κ1) is 17.7. The van der Waals surface area contributed by atoms with Crippen molar-refractivity contribution in [2.24, 2.45) is 5.73 Å².